The Morgan fingerprint density at radius 2 is 1.66 bits per heavy atom. The van der Waals surface area contributed by atoms with Crippen LogP contribution >= 0.6 is 11.8 Å². The molecule has 4 N–H and O–H groups in total. The highest BCUT2D eigenvalue weighted by Crippen LogP contribution is 2.21. The van der Waals surface area contributed by atoms with Crippen molar-refractivity contribution in [2.45, 2.75) is 71.4 Å². The average Bonchev–Trinajstić information content (AvgIpc) is 3.46. The van der Waals surface area contributed by atoms with Gasteiger partial charge in [-0.15, -0.1) is 0 Å². The number of thioether (sulfide) groups is 1. The summed E-state index contributed by atoms with van der Waals surface area (Å²) in [6.45, 7) is 15.6. The minimum atomic E-state index is -1.31. The van der Waals surface area contributed by atoms with E-state index >= 15 is 0 Å². The fourth-order valence-electron chi connectivity index (χ4n) is 4.43. The number of carbonyl (C=O) groups excluding carboxylic acids is 3. The number of imidazole rings is 1. The molecule has 0 fully saturated rings. The Labute approximate surface area is 282 Å². The second-order valence-corrected chi connectivity index (χ2v) is 13.8. The lowest BCUT2D eigenvalue weighted by molar-refractivity contribution is -0.127. The van der Waals surface area contributed by atoms with E-state index in [1.54, 1.807) is 63.5 Å². The first-order chi connectivity index (χ1) is 22.3. The van der Waals surface area contributed by atoms with Gasteiger partial charge in [0.25, 0.3) is 0 Å². The van der Waals surface area contributed by atoms with Crippen molar-refractivity contribution in [2.24, 2.45) is 0 Å². The molecule has 1 heterocycles. The summed E-state index contributed by atoms with van der Waals surface area (Å²) in [7, 11) is 0. The largest absolute Gasteiger partial charge is 0.444 e. The molecule has 12 heteroatoms. The molecule has 2 aromatic carbocycles. The lowest BCUT2D eigenvalue weighted by Gasteiger charge is -2.30. The van der Waals surface area contributed by atoms with E-state index in [1.165, 1.54) is 0 Å². The lowest BCUT2D eigenvalue weighted by atomic mass is 10.0. The van der Waals surface area contributed by atoms with E-state index in [9.17, 15) is 14.4 Å². The highest BCUT2D eigenvalue weighted by molar-refractivity contribution is 7.99. The Bertz CT molecular complexity index is 1460. The number of amides is 3. The first kappa shape index (κ1) is 37.2. The maximum Gasteiger partial charge on any atom is 0.408 e. The number of hydrogen-bond donors (Lipinski definition) is 4. The number of ether oxygens (including phenoxy) is 2. The monoisotopic (exact) mass is 664 g/mol. The van der Waals surface area contributed by atoms with Crippen LogP contribution in [0.4, 0.5) is 10.6 Å². The quantitative estimate of drug-likeness (QED) is 0.143. The van der Waals surface area contributed by atoms with Crippen molar-refractivity contribution >= 4 is 35.5 Å². The first-order valence-corrected chi connectivity index (χ1v) is 16.8. The zero-order valence-corrected chi connectivity index (χ0v) is 29.0. The van der Waals surface area contributed by atoms with Gasteiger partial charge in [-0.1, -0.05) is 74.2 Å². The number of nitrogens with zero attached hydrogens (tertiary/aromatic N) is 2. The van der Waals surface area contributed by atoms with Crippen LogP contribution in [0.5, 0.6) is 0 Å². The van der Waals surface area contributed by atoms with E-state index in [2.05, 4.69) is 39.8 Å². The minimum absolute atomic E-state index is 0.0838. The molecule has 0 saturated heterocycles. The summed E-state index contributed by atoms with van der Waals surface area (Å²) in [5.74, 6) is 1.62. The van der Waals surface area contributed by atoms with Crippen LogP contribution in [-0.2, 0) is 25.7 Å². The average molecular weight is 665 g/mol. The fourth-order valence-corrected chi connectivity index (χ4v) is 4.96. The molecule has 0 aliphatic rings. The standard InChI is InChI=1S/C35H48N6O5S/c1-8-47-20-19-36-31(42)30(27-17-13-10-14-18-27)41-21-29(37-24-41)38-25(2)28(23-45-22-26-15-11-9-12-16-26)39-32(43)35(6,7)40-33(44)46-34(3,4)5/h9-18,21,24,28,30,38H,2,8,19-20,22-23H2,1,3-7H3,(H,36,42)(H,39,43)(H,40,44). The van der Waals surface area contributed by atoms with Gasteiger partial charge in [-0.3, -0.25) is 9.59 Å². The third-order valence-corrected chi connectivity index (χ3v) is 7.71. The van der Waals surface area contributed by atoms with Crippen molar-refractivity contribution in [2.75, 3.05) is 30.0 Å². The van der Waals surface area contributed by atoms with E-state index in [4.69, 9.17) is 9.47 Å². The van der Waals surface area contributed by atoms with Gasteiger partial charge < -0.3 is 35.3 Å². The van der Waals surface area contributed by atoms with E-state index in [0.717, 1.165) is 22.6 Å². The van der Waals surface area contributed by atoms with Gasteiger partial charge in [0, 0.05) is 24.2 Å². The van der Waals surface area contributed by atoms with Gasteiger partial charge in [0.05, 0.1) is 25.6 Å². The van der Waals surface area contributed by atoms with Crippen molar-refractivity contribution < 1.29 is 23.9 Å². The summed E-state index contributed by atoms with van der Waals surface area (Å²) in [6, 6.07) is 17.8. The number of benzene rings is 2. The zero-order valence-electron chi connectivity index (χ0n) is 28.2. The molecule has 0 spiro atoms. The molecule has 0 aliphatic heterocycles. The molecule has 2 unspecified atom stereocenters. The Kier molecular flexibility index (Phi) is 13.9. The van der Waals surface area contributed by atoms with Crippen molar-refractivity contribution in [3.05, 3.63) is 96.6 Å². The van der Waals surface area contributed by atoms with Gasteiger partial charge in [0.1, 0.15) is 23.0 Å². The van der Waals surface area contributed by atoms with Crippen LogP contribution in [0.3, 0.4) is 0 Å². The Morgan fingerprint density at radius 3 is 2.30 bits per heavy atom. The number of alkyl carbamates (subject to hydrolysis) is 1. The molecule has 3 rings (SSSR count). The van der Waals surface area contributed by atoms with Crippen LogP contribution in [-0.4, -0.2) is 69.3 Å². The van der Waals surface area contributed by atoms with Gasteiger partial charge in [0.2, 0.25) is 11.8 Å². The molecule has 1 aromatic heterocycles. The van der Waals surface area contributed by atoms with Crippen LogP contribution in [0.1, 0.15) is 58.7 Å². The molecule has 254 valence electrons. The number of anilines is 1. The zero-order chi connectivity index (χ0) is 34.5. The van der Waals surface area contributed by atoms with E-state index in [-0.39, 0.29) is 12.5 Å². The molecule has 11 nitrogen and oxygen atoms in total. The van der Waals surface area contributed by atoms with Gasteiger partial charge in [-0.05, 0) is 51.5 Å². The van der Waals surface area contributed by atoms with E-state index < -0.39 is 35.2 Å². The highest BCUT2D eigenvalue weighted by atomic mass is 32.2. The van der Waals surface area contributed by atoms with Crippen molar-refractivity contribution in [3.63, 3.8) is 0 Å². The molecule has 0 saturated carbocycles. The van der Waals surface area contributed by atoms with Crippen LogP contribution in [0.2, 0.25) is 0 Å². The summed E-state index contributed by atoms with van der Waals surface area (Å²) >= 11 is 1.76. The van der Waals surface area contributed by atoms with Crippen LogP contribution < -0.4 is 21.3 Å². The number of hydrogen-bond acceptors (Lipinski definition) is 8. The molecule has 2 atom stereocenters. The summed E-state index contributed by atoms with van der Waals surface area (Å²) in [4.78, 5) is 43.7. The Balaban J connectivity index is 1.76. The number of nitrogens with one attached hydrogen (secondary N) is 4. The molecular formula is C35H48N6O5S. The summed E-state index contributed by atoms with van der Waals surface area (Å²) in [5.41, 5.74) is 0.159. The SMILES string of the molecule is C=C(Nc1cn(C(C(=O)NCCSCC)c2ccccc2)cn1)C(COCc1ccccc1)NC(=O)C(C)(C)NC(=O)OC(C)(C)C. The van der Waals surface area contributed by atoms with Gasteiger partial charge in [0.15, 0.2) is 0 Å². The van der Waals surface area contributed by atoms with Crippen molar-refractivity contribution in [1.29, 1.82) is 0 Å². The second-order valence-electron chi connectivity index (χ2n) is 12.4. The first-order valence-electron chi connectivity index (χ1n) is 15.6. The predicted molar refractivity (Wildman–Crippen MR) is 187 cm³/mol. The van der Waals surface area contributed by atoms with Crippen molar-refractivity contribution in [1.82, 2.24) is 25.5 Å². The third-order valence-electron chi connectivity index (χ3n) is 6.80. The predicted octanol–water partition coefficient (Wildman–Crippen LogP) is 5.27. The number of carbonyl (C=O) groups is 3. The van der Waals surface area contributed by atoms with Crippen LogP contribution in [0.15, 0.2) is 85.5 Å². The molecule has 0 aliphatic carbocycles. The summed E-state index contributed by atoms with van der Waals surface area (Å²) in [5, 5.41) is 11.8. The molecule has 0 bridgehead atoms. The maximum atomic E-state index is 13.4. The third kappa shape index (κ3) is 12.4. The molecular weight excluding hydrogens is 616 g/mol. The van der Waals surface area contributed by atoms with E-state index in [0.29, 0.717) is 24.7 Å². The molecule has 3 amide bonds. The van der Waals surface area contributed by atoms with Crippen molar-refractivity contribution in [3.8, 4) is 0 Å². The Hall–Kier alpha value is -4.29. The second kappa shape index (κ2) is 17.6. The molecule has 47 heavy (non-hydrogen) atoms. The summed E-state index contributed by atoms with van der Waals surface area (Å²) < 4.78 is 13.1. The van der Waals surface area contributed by atoms with Gasteiger partial charge in [-0.25, -0.2) is 9.78 Å². The number of rotatable bonds is 17. The van der Waals surface area contributed by atoms with Gasteiger partial charge in [-0.2, -0.15) is 11.8 Å². The molecule has 3 aromatic rings. The van der Waals surface area contributed by atoms with Crippen LogP contribution in [0, 0.1) is 0 Å². The number of aromatic nitrogens is 2. The Morgan fingerprint density at radius 1 is 1.00 bits per heavy atom. The normalized spacial score (nSPS) is 12.8. The van der Waals surface area contributed by atoms with E-state index in [1.807, 2.05) is 60.7 Å². The highest BCUT2D eigenvalue weighted by Gasteiger charge is 2.33. The topological polar surface area (TPSA) is 136 Å². The van der Waals surface area contributed by atoms with Crippen LogP contribution in [0.25, 0.3) is 0 Å². The summed E-state index contributed by atoms with van der Waals surface area (Å²) in [6.07, 6.45) is 2.60. The molecule has 0 radical (unpaired) electrons. The lowest BCUT2D eigenvalue weighted by Crippen LogP contribution is -2.58. The fraction of sp³-hybridized carbons (Fsp3) is 0.429. The van der Waals surface area contributed by atoms with Gasteiger partial charge >= 0.3 is 6.09 Å². The minimum Gasteiger partial charge on any atom is -0.444 e. The maximum absolute atomic E-state index is 13.4. The smallest absolute Gasteiger partial charge is 0.408 e.